The summed E-state index contributed by atoms with van der Waals surface area (Å²) in [5.74, 6) is -0.639. The van der Waals surface area contributed by atoms with Crippen LogP contribution in [0.2, 0.25) is 0 Å². The van der Waals surface area contributed by atoms with E-state index in [4.69, 9.17) is 0 Å². The average Bonchev–Trinajstić information content (AvgIpc) is 3.04. The molecule has 1 fully saturated rings. The van der Waals surface area contributed by atoms with Crippen LogP contribution in [0.1, 0.15) is 27.1 Å². The summed E-state index contributed by atoms with van der Waals surface area (Å²) >= 11 is 0. The van der Waals surface area contributed by atoms with Gasteiger partial charge < -0.3 is 20.0 Å². The molecule has 31 heavy (non-hydrogen) atoms. The number of benzene rings is 3. The molecule has 0 spiro atoms. The van der Waals surface area contributed by atoms with Gasteiger partial charge in [0.15, 0.2) is 0 Å². The summed E-state index contributed by atoms with van der Waals surface area (Å²) in [6.07, 6.45) is 0.657. The van der Waals surface area contributed by atoms with Crippen LogP contribution in [0.25, 0.3) is 11.1 Å². The highest BCUT2D eigenvalue weighted by atomic mass is 16.3. The summed E-state index contributed by atoms with van der Waals surface area (Å²) in [5, 5.41) is 19.3. The van der Waals surface area contributed by atoms with Crippen molar-refractivity contribution in [1.82, 2.24) is 9.80 Å². The first kappa shape index (κ1) is 20.5. The van der Waals surface area contributed by atoms with E-state index in [2.05, 4.69) is 0 Å². The average molecular weight is 416 g/mol. The molecule has 1 aliphatic rings. The van der Waals surface area contributed by atoms with Gasteiger partial charge in [0.25, 0.3) is 11.8 Å². The Balaban J connectivity index is 1.42. The van der Waals surface area contributed by atoms with Gasteiger partial charge in [-0.1, -0.05) is 42.5 Å². The van der Waals surface area contributed by atoms with Crippen LogP contribution in [0.15, 0.2) is 72.8 Å². The van der Waals surface area contributed by atoms with E-state index in [1.54, 1.807) is 9.80 Å². The molecule has 0 saturated carbocycles. The van der Waals surface area contributed by atoms with E-state index in [0.717, 1.165) is 11.1 Å². The molecule has 1 saturated heterocycles. The minimum Gasteiger partial charge on any atom is -0.508 e. The van der Waals surface area contributed by atoms with E-state index in [-0.39, 0.29) is 28.9 Å². The van der Waals surface area contributed by atoms with Crippen molar-refractivity contribution in [2.75, 3.05) is 26.2 Å². The van der Waals surface area contributed by atoms with Crippen molar-refractivity contribution in [3.63, 3.8) is 0 Å². The Bertz CT molecular complexity index is 1060. The zero-order valence-corrected chi connectivity index (χ0v) is 17.1. The summed E-state index contributed by atoms with van der Waals surface area (Å²) in [5.41, 5.74) is 3.01. The molecule has 1 heterocycles. The molecule has 0 unspecified atom stereocenters. The van der Waals surface area contributed by atoms with Crippen LogP contribution >= 0.6 is 0 Å². The van der Waals surface area contributed by atoms with Gasteiger partial charge in [0.2, 0.25) is 0 Å². The number of carbonyl (C=O) groups is 2. The number of phenols is 2. The minimum absolute atomic E-state index is 0.0519. The Morgan fingerprint density at radius 2 is 1.13 bits per heavy atom. The second-order valence-corrected chi connectivity index (χ2v) is 7.62. The summed E-state index contributed by atoms with van der Waals surface area (Å²) < 4.78 is 0. The molecule has 4 rings (SSSR count). The molecule has 0 bridgehead atoms. The Hall–Kier alpha value is -3.80. The van der Waals surface area contributed by atoms with Crippen LogP contribution in [0.4, 0.5) is 0 Å². The lowest BCUT2D eigenvalue weighted by Gasteiger charge is -2.22. The summed E-state index contributed by atoms with van der Waals surface area (Å²) in [4.78, 5) is 29.2. The minimum atomic E-state index is -0.271. The number of phenolic OH excluding ortho intramolecular Hbond substituents is 2. The molecule has 2 N–H and O–H groups in total. The van der Waals surface area contributed by atoms with Gasteiger partial charge in [-0.25, -0.2) is 0 Å². The molecule has 6 nitrogen and oxygen atoms in total. The fourth-order valence-electron chi connectivity index (χ4n) is 3.84. The van der Waals surface area contributed by atoms with Crippen LogP contribution in [0, 0.1) is 0 Å². The van der Waals surface area contributed by atoms with Crippen LogP contribution in [-0.4, -0.2) is 58.0 Å². The molecular formula is C25H24N2O4. The van der Waals surface area contributed by atoms with E-state index < -0.39 is 0 Å². The predicted octanol–water partition coefficient (Wildman–Crippen LogP) is 3.75. The van der Waals surface area contributed by atoms with Crippen molar-refractivity contribution in [2.24, 2.45) is 0 Å². The van der Waals surface area contributed by atoms with Crippen LogP contribution in [0.3, 0.4) is 0 Å². The maximum atomic E-state index is 13.0. The highest BCUT2D eigenvalue weighted by Gasteiger charge is 2.24. The third-order valence-electron chi connectivity index (χ3n) is 5.46. The normalized spacial score (nSPS) is 14.2. The van der Waals surface area contributed by atoms with Crippen molar-refractivity contribution in [3.05, 3.63) is 83.9 Å². The fraction of sp³-hybridized carbons (Fsp3) is 0.200. The monoisotopic (exact) mass is 416 g/mol. The zero-order chi connectivity index (χ0) is 21.8. The van der Waals surface area contributed by atoms with Gasteiger partial charge in [-0.3, -0.25) is 9.59 Å². The lowest BCUT2D eigenvalue weighted by atomic mass is 10.0. The lowest BCUT2D eigenvalue weighted by Crippen LogP contribution is -2.37. The molecule has 1 aliphatic heterocycles. The van der Waals surface area contributed by atoms with Gasteiger partial charge in [-0.15, -0.1) is 0 Å². The van der Waals surface area contributed by atoms with Gasteiger partial charge >= 0.3 is 0 Å². The first-order chi connectivity index (χ1) is 15.0. The van der Waals surface area contributed by atoms with Crippen molar-refractivity contribution >= 4 is 11.8 Å². The second-order valence-electron chi connectivity index (χ2n) is 7.62. The molecular weight excluding hydrogens is 392 g/mol. The second kappa shape index (κ2) is 8.92. The highest BCUT2D eigenvalue weighted by Crippen LogP contribution is 2.23. The number of rotatable bonds is 3. The highest BCUT2D eigenvalue weighted by molar-refractivity contribution is 5.96. The SMILES string of the molecule is O=C(c1ccc(-c2ccccc2)cc1)N1CCCN(C(=O)c2cc(O)cc(O)c2)CC1. The van der Waals surface area contributed by atoms with Crippen molar-refractivity contribution < 1.29 is 19.8 Å². The van der Waals surface area contributed by atoms with Crippen molar-refractivity contribution in [3.8, 4) is 22.6 Å². The molecule has 158 valence electrons. The van der Waals surface area contributed by atoms with E-state index in [0.29, 0.717) is 38.2 Å². The summed E-state index contributed by atoms with van der Waals surface area (Å²) in [7, 11) is 0. The first-order valence-electron chi connectivity index (χ1n) is 10.3. The molecule has 2 amide bonds. The summed E-state index contributed by atoms with van der Waals surface area (Å²) in [6.45, 7) is 1.89. The number of nitrogens with zero attached hydrogens (tertiary/aromatic N) is 2. The molecule has 0 atom stereocenters. The van der Waals surface area contributed by atoms with Crippen LogP contribution in [0.5, 0.6) is 11.5 Å². The topological polar surface area (TPSA) is 81.1 Å². The Morgan fingerprint density at radius 3 is 1.71 bits per heavy atom. The Kier molecular flexibility index (Phi) is 5.89. The van der Waals surface area contributed by atoms with E-state index >= 15 is 0 Å². The standard InChI is InChI=1S/C25H24N2O4/c28-22-15-21(16-23(29)17-22)25(31)27-12-4-11-26(13-14-27)24(30)20-9-7-19(8-10-20)18-5-2-1-3-6-18/h1-3,5-10,15-17,28-29H,4,11-14H2. The molecule has 0 aromatic heterocycles. The van der Waals surface area contributed by atoms with Crippen molar-refractivity contribution in [2.45, 2.75) is 6.42 Å². The largest absolute Gasteiger partial charge is 0.508 e. The maximum Gasteiger partial charge on any atom is 0.254 e. The Morgan fingerprint density at radius 1 is 0.613 bits per heavy atom. The number of hydrogen-bond donors (Lipinski definition) is 2. The van der Waals surface area contributed by atoms with E-state index in [9.17, 15) is 19.8 Å². The lowest BCUT2D eigenvalue weighted by molar-refractivity contribution is 0.0718. The predicted molar refractivity (Wildman–Crippen MR) is 118 cm³/mol. The number of hydrogen-bond acceptors (Lipinski definition) is 4. The third-order valence-corrected chi connectivity index (χ3v) is 5.46. The molecule has 3 aromatic rings. The van der Waals surface area contributed by atoms with Gasteiger partial charge in [-0.2, -0.15) is 0 Å². The Labute approximate surface area is 181 Å². The van der Waals surface area contributed by atoms with Gasteiger partial charge in [-0.05, 0) is 41.8 Å². The maximum absolute atomic E-state index is 13.0. The zero-order valence-electron chi connectivity index (χ0n) is 17.1. The fourth-order valence-corrected chi connectivity index (χ4v) is 3.84. The molecule has 0 aliphatic carbocycles. The summed E-state index contributed by atoms with van der Waals surface area (Å²) in [6, 6.07) is 21.4. The van der Waals surface area contributed by atoms with E-state index in [1.165, 1.54) is 18.2 Å². The van der Waals surface area contributed by atoms with Crippen LogP contribution < -0.4 is 0 Å². The van der Waals surface area contributed by atoms with Crippen LogP contribution in [-0.2, 0) is 0 Å². The molecule has 0 radical (unpaired) electrons. The smallest absolute Gasteiger partial charge is 0.254 e. The number of carbonyl (C=O) groups excluding carboxylic acids is 2. The van der Waals surface area contributed by atoms with E-state index in [1.807, 2.05) is 54.6 Å². The van der Waals surface area contributed by atoms with Gasteiger partial charge in [0.05, 0.1) is 0 Å². The first-order valence-corrected chi connectivity index (χ1v) is 10.3. The number of aromatic hydroxyl groups is 2. The van der Waals surface area contributed by atoms with Crippen molar-refractivity contribution in [1.29, 1.82) is 0 Å². The molecule has 3 aromatic carbocycles. The third kappa shape index (κ3) is 4.69. The molecule has 6 heteroatoms. The quantitative estimate of drug-likeness (QED) is 0.681. The number of amides is 2. The van der Waals surface area contributed by atoms with Gasteiger partial charge in [0.1, 0.15) is 11.5 Å². The van der Waals surface area contributed by atoms with Gasteiger partial charge in [0, 0.05) is 43.4 Å².